The highest BCUT2D eigenvalue weighted by molar-refractivity contribution is 6.78. The number of hydrogen-bond acceptors (Lipinski definition) is 5. The number of likely N-dealkylation sites (N-methyl/N-ethyl adjacent to an activating group) is 1. The van der Waals surface area contributed by atoms with Crippen molar-refractivity contribution in [2.24, 2.45) is 0 Å². The van der Waals surface area contributed by atoms with Gasteiger partial charge >= 0.3 is 18.6 Å². The summed E-state index contributed by atoms with van der Waals surface area (Å²) >= 11 is 0. The van der Waals surface area contributed by atoms with Crippen molar-refractivity contribution >= 4 is 24.2 Å². The smallest absolute Gasteiger partial charge is 0.595 e. The normalized spacial score (nSPS) is 35.4. The lowest BCUT2D eigenvalue weighted by molar-refractivity contribution is -0.791. The van der Waals surface area contributed by atoms with Gasteiger partial charge in [-0.05, 0) is 6.07 Å². The van der Waals surface area contributed by atoms with E-state index in [0.717, 1.165) is 0 Å². The van der Waals surface area contributed by atoms with Crippen molar-refractivity contribution in [3.05, 3.63) is 24.4 Å². The van der Waals surface area contributed by atoms with Crippen LogP contribution in [0.25, 0.3) is 0 Å². The third-order valence-electron chi connectivity index (χ3n) is 3.45. The van der Waals surface area contributed by atoms with Gasteiger partial charge in [0.05, 0.1) is 0 Å². The van der Waals surface area contributed by atoms with E-state index in [9.17, 15) is 9.59 Å². The van der Waals surface area contributed by atoms with Gasteiger partial charge in [-0.25, -0.2) is 0 Å². The molecule has 0 N–H and O–H groups in total. The van der Waals surface area contributed by atoms with E-state index in [1.165, 1.54) is 0 Å². The molecule has 0 saturated carbocycles. The Morgan fingerprint density at radius 1 is 1.24 bits per heavy atom. The first-order valence-corrected chi connectivity index (χ1v) is 5.39. The molecule has 2 aliphatic heterocycles. The van der Waals surface area contributed by atoms with Crippen molar-refractivity contribution in [1.82, 2.24) is 4.98 Å². The highest BCUT2D eigenvalue weighted by atomic mass is 16.7. The van der Waals surface area contributed by atoms with E-state index >= 15 is 0 Å². The third kappa shape index (κ3) is 1.23. The number of quaternary nitrogens is 1. The third-order valence-corrected chi connectivity index (χ3v) is 3.45. The van der Waals surface area contributed by atoms with Crippen molar-refractivity contribution in [3.8, 4) is 0 Å². The lowest BCUT2D eigenvalue weighted by Crippen LogP contribution is -2.68. The quantitative estimate of drug-likeness (QED) is 0.570. The summed E-state index contributed by atoms with van der Waals surface area (Å²) in [7, 11) is 1.78. The molecule has 0 bridgehead atoms. The molecular formula is C10H11BN2O4. The zero-order valence-corrected chi connectivity index (χ0v) is 9.33. The van der Waals surface area contributed by atoms with Crippen LogP contribution in [-0.4, -0.2) is 48.1 Å². The molecule has 2 aliphatic rings. The van der Waals surface area contributed by atoms with Gasteiger partial charge in [-0.2, -0.15) is 0 Å². The summed E-state index contributed by atoms with van der Waals surface area (Å²) in [6.07, 6.45) is 1.59. The first-order chi connectivity index (χ1) is 8.06. The lowest BCUT2D eigenvalue weighted by Gasteiger charge is -2.39. The predicted molar refractivity (Wildman–Crippen MR) is 57.7 cm³/mol. The summed E-state index contributed by atoms with van der Waals surface area (Å²) in [5.41, 5.74) is 0.506. The van der Waals surface area contributed by atoms with Crippen molar-refractivity contribution in [2.45, 2.75) is 0 Å². The molecule has 3 heterocycles. The predicted octanol–water partition coefficient (Wildman–Crippen LogP) is -1.21. The maximum absolute atomic E-state index is 11.5. The van der Waals surface area contributed by atoms with Crippen LogP contribution in [0.1, 0.15) is 0 Å². The van der Waals surface area contributed by atoms with E-state index in [1.54, 1.807) is 31.4 Å². The molecule has 0 amide bonds. The maximum Gasteiger partial charge on any atom is 0.632 e. The van der Waals surface area contributed by atoms with Crippen molar-refractivity contribution in [1.29, 1.82) is 0 Å². The topological polar surface area (TPSA) is 65.5 Å². The Balaban J connectivity index is 2.16. The molecule has 0 spiro atoms. The van der Waals surface area contributed by atoms with Gasteiger partial charge in [0.15, 0.2) is 0 Å². The number of carbonyl (C=O) groups excluding carboxylic acids is 2. The van der Waals surface area contributed by atoms with Gasteiger partial charge in [-0.3, -0.25) is 14.6 Å². The number of aromatic nitrogens is 1. The Bertz CT molecular complexity index is 484. The molecule has 17 heavy (non-hydrogen) atoms. The molecule has 0 atom stereocenters. The SMILES string of the molecule is C[N+]12CC(=O)O[B-]1(c1ccccn1)OC(=O)C2. The van der Waals surface area contributed by atoms with Crippen molar-refractivity contribution in [2.75, 3.05) is 20.1 Å². The maximum atomic E-state index is 11.5. The summed E-state index contributed by atoms with van der Waals surface area (Å²) in [6, 6.07) is 5.25. The van der Waals surface area contributed by atoms with Crippen LogP contribution in [0.5, 0.6) is 0 Å². The first kappa shape index (κ1) is 10.3. The Morgan fingerprint density at radius 3 is 2.41 bits per heavy atom. The van der Waals surface area contributed by atoms with E-state index < -0.39 is 6.69 Å². The molecule has 0 unspecified atom stereocenters. The first-order valence-electron chi connectivity index (χ1n) is 5.39. The highest BCUT2D eigenvalue weighted by Crippen LogP contribution is 2.32. The van der Waals surface area contributed by atoms with E-state index in [2.05, 4.69) is 4.98 Å². The van der Waals surface area contributed by atoms with Crippen molar-refractivity contribution < 1.29 is 23.3 Å². The number of rotatable bonds is 1. The second-order valence-corrected chi connectivity index (χ2v) is 4.70. The fourth-order valence-electron chi connectivity index (χ4n) is 2.63. The summed E-state index contributed by atoms with van der Waals surface area (Å²) in [6.45, 7) is -1.88. The van der Waals surface area contributed by atoms with Crippen molar-refractivity contribution in [3.63, 3.8) is 0 Å². The molecule has 0 radical (unpaired) electrons. The summed E-state index contributed by atoms with van der Waals surface area (Å²) < 4.78 is 10.8. The van der Waals surface area contributed by atoms with Crippen LogP contribution in [0.4, 0.5) is 0 Å². The molecule has 1 aromatic rings. The van der Waals surface area contributed by atoms with Gasteiger partial charge in [-0.15, -0.1) is 0 Å². The van der Waals surface area contributed by atoms with Crippen LogP contribution in [0.3, 0.4) is 0 Å². The minimum atomic E-state index is -2.16. The second-order valence-electron chi connectivity index (χ2n) is 4.70. The summed E-state index contributed by atoms with van der Waals surface area (Å²) in [4.78, 5) is 27.2. The fraction of sp³-hybridized carbons (Fsp3) is 0.300. The van der Waals surface area contributed by atoms with Gasteiger partial charge < -0.3 is 13.7 Å². The average Bonchev–Trinajstić information content (AvgIpc) is 2.64. The number of carbonyl (C=O) groups is 2. The second kappa shape index (κ2) is 3.07. The van der Waals surface area contributed by atoms with Crippen LogP contribution in [-0.2, 0) is 18.9 Å². The Kier molecular flexibility index (Phi) is 1.86. The minimum absolute atomic E-state index is 0.134. The molecule has 2 fully saturated rings. The molecule has 88 valence electrons. The highest BCUT2D eigenvalue weighted by Gasteiger charge is 2.67. The number of pyridine rings is 1. The van der Waals surface area contributed by atoms with Gasteiger partial charge in [0.1, 0.15) is 13.1 Å². The van der Waals surface area contributed by atoms with Gasteiger partial charge in [0.25, 0.3) is 0 Å². The molecule has 3 rings (SSSR count). The monoisotopic (exact) mass is 234 g/mol. The Morgan fingerprint density at radius 2 is 1.88 bits per heavy atom. The molecular weight excluding hydrogens is 223 g/mol. The van der Waals surface area contributed by atoms with Crippen LogP contribution >= 0.6 is 0 Å². The van der Waals surface area contributed by atoms with Gasteiger partial charge in [0, 0.05) is 18.8 Å². The van der Waals surface area contributed by atoms with E-state index in [4.69, 9.17) is 9.31 Å². The van der Waals surface area contributed by atoms with Gasteiger partial charge in [0.2, 0.25) is 0 Å². The summed E-state index contributed by atoms with van der Waals surface area (Å²) in [5.74, 6) is -0.712. The molecule has 1 aromatic heterocycles. The van der Waals surface area contributed by atoms with Crippen LogP contribution in [0, 0.1) is 0 Å². The Labute approximate surface area is 97.7 Å². The molecule has 2 saturated heterocycles. The number of hydrogen-bond donors (Lipinski definition) is 0. The standard InChI is InChI=1S/C10H11BN2O4/c1-13-6-9(14)16-11(13,17-10(15)7-13)8-4-2-3-5-12-8/h2-5H,6-7H2,1H3. The van der Waals surface area contributed by atoms with E-state index in [1.807, 2.05) is 0 Å². The number of nitrogens with zero attached hydrogens (tertiary/aromatic N) is 2. The van der Waals surface area contributed by atoms with E-state index in [-0.39, 0.29) is 29.4 Å². The minimum Gasteiger partial charge on any atom is -0.595 e. The zero-order chi connectivity index (χ0) is 12.1. The van der Waals surface area contributed by atoms with Crippen LogP contribution in [0.15, 0.2) is 24.4 Å². The fourth-order valence-corrected chi connectivity index (χ4v) is 2.63. The van der Waals surface area contributed by atoms with Crippen LogP contribution < -0.4 is 5.59 Å². The van der Waals surface area contributed by atoms with Crippen LogP contribution in [0.2, 0.25) is 0 Å². The molecule has 0 aliphatic carbocycles. The molecule has 0 aromatic carbocycles. The van der Waals surface area contributed by atoms with Gasteiger partial charge in [-0.1, -0.05) is 12.1 Å². The average molecular weight is 234 g/mol. The Hall–Kier alpha value is -1.89. The number of fused-ring (bicyclic) bond motifs is 1. The molecule has 7 heteroatoms. The summed E-state index contributed by atoms with van der Waals surface area (Å²) in [5, 5.41) is 0. The largest absolute Gasteiger partial charge is 0.632 e. The van der Waals surface area contributed by atoms with E-state index in [0.29, 0.717) is 5.59 Å². The lowest BCUT2D eigenvalue weighted by atomic mass is 9.64. The zero-order valence-electron chi connectivity index (χ0n) is 9.33. The molecule has 6 nitrogen and oxygen atoms in total.